The van der Waals surface area contributed by atoms with Gasteiger partial charge in [0.1, 0.15) is 0 Å². The smallest absolute Gasteiger partial charge is 0.0429 e. The maximum absolute atomic E-state index is 6.26. The van der Waals surface area contributed by atoms with Gasteiger partial charge in [-0.15, -0.1) is 0 Å². The van der Waals surface area contributed by atoms with Crippen LogP contribution < -0.4 is 10.2 Å². The van der Waals surface area contributed by atoms with Gasteiger partial charge in [0.05, 0.1) is 0 Å². The first-order chi connectivity index (χ1) is 9.97. The van der Waals surface area contributed by atoms with E-state index in [1.165, 1.54) is 30.5 Å². The number of anilines is 1. The molecule has 0 radical (unpaired) electrons. The van der Waals surface area contributed by atoms with E-state index >= 15 is 0 Å². The highest BCUT2D eigenvalue weighted by molar-refractivity contribution is 6.30. The second-order valence-electron chi connectivity index (χ2n) is 6.92. The molecule has 0 unspecified atom stereocenters. The number of rotatable bonds is 8. The van der Waals surface area contributed by atoms with Crippen molar-refractivity contribution in [3.05, 3.63) is 28.8 Å². The van der Waals surface area contributed by atoms with Crippen LogP contribution in [0.15, 0.2) is 18.2 Å². The Hall–Kier alpha value is -0.730. The minimum atomic E-state index is 0.499. The Morgan fingerprint density at radius 2 is 1.95 bits per heavy atom. The molecular weight excluding hydrogens is 280 g/mol. The molecule has 118 valence electrons. The van der Waals surface area contributed by atoms with E-state index in [1.807, 2.05) is 6.07 Å². The molecular formula is C18H29ClN2. The van der Waals surface area contributed by atoms with Crippen molar-refractivity contribution in [1.82, 2.24) is 5.32 Å². The first-order valence-electron chi connectivity index (χ1n) is 8.25. The van der Waals surface area contributed by atoms with Crippen LogP contribution in [0.3, 0.4) is 0 Å². The molecule has 0 aliphatic heterocycles. The molecule has 2 rings (SSSR count). The van der Waals surface area contributed by atoms with Gasteiger partial charge in [0, 0.05) is 35.9 Å². The molecule has 2 nitrogen and oxygen atoms in total. The average Bonchev–Trinajstić information content (AvgIpc) is 3.22. The molecule has 1 aliphatic rings. The Morgan fingerprint density at radius 1 is 1.24 bits per heavy atom. The molecule has 1 N–H and O–H groups in total. The van der Waals surface area contributed by atoms with Gasteiger partial charge in [-0.1, -0.05) is 45.4 Å². The van der Waals surface area contributed by atoms with Crippen LogP contribution in [-0.2, 0) is 6.54 Å². The summed E-state index contributed by atoms with van der Waals surface area (Å²) in [5.41, 5.74) is 2.70. The zero-order valence-electron chi connectivity index (χ0n) is 13.8. The number of nitrogens with zero attached hydrogens (tertiary/aromatic N) is 1. The van der Waals surface area contributed by atoms with Crippen molar-refractivity contribution in [2.75, 3.05) is 11.4 Å². The number of hydrogen-bond acceptors (Lipinski definition) is 2. The monoisotopic (exact) mass is 308 g/mol. The molecule has 1 aromatic rings. The predicted molar refractivity (Wildman–Crippen MR) is 93.3 cm³/mol. The summed E-state index contributed by atoms with van der Waals surface area (Å²) in [5, 5.41) is 4.37. The van der Waals surface area contributed by atoms with Crippen LogP contribution in [-0.4, -0.2) is 18.6 Å². The maximum atomic E-state index is 6.26. The lowest BCUT2D eigenvalue weighted by atomic mass is 10.1. The van der Waals surface area contributed by atoms with Crippen molar-refractivity contribution in [1.29, 1.82) is 0 Å². The highest BCUT2D eigenvalue weighted by Crippen LogP contribution is 2.35. The normalized spacial score (nSPS) is 15.0. The number of nitrogens with one attached hydrogen (secondary N) is 1. The minimum Gasteiger partial charge on any atom is -0.368 e. The van der Waals surface area contributed by atoms with E-state index in [1.54, 1.807) is 0 Å². The Balaban J connectivity index is 2.18. The molecule has 0 bridgehead atoms. The Bertz CT molecular complexity index is 453. The van der Waals surface area contributed by atoms with E-state index < -0.39 is 0 Å². The van der Waals surface area contributed by atoms with Gasteiger partial charge in [-0.2, -0.15) is 0 Å². The number of halogens is 1. The summed E-state index contributed by atoms with van der Waals surface area (Å²) in [5.74, 6) is 0.739. The fourth-order valence-electron chi connectivity index (χ4n) is 2.55. The summed E-state index contributed by atoms with van der Waals surface area (Å²) in [6.45, 7) is 11.0. The summed E-state index contributed by atoms with van der Waals surface area (Å²) >= 11 is 6.26. The largest absolute Gasteiger partial charge is 0.368 e. The third-order valence-electron chi connectivity index (χ3n) is 3.99. The van der Waals surface area contributed by atoms with Crippen molar-refractivity contribution in [2.45, 2.75) is 65.6 Å². The quantitative estimate of drug-likeness (QED) is 0.738. The molecule has 1 saturated carbocycles. The average molecular weight is 309 g/mol. The van der Waals surface area contributed by atoms with Gasteiger partial charge in [-0.3, -0.25) is 0 Å². The third kappa shape index (κ3) is 5.19. The van der Waals surface area contributed by atoms with Gasteiger partial charge in [-0.25, -0.2) is 0 Å². The van der Waals surface area contributed by atoms with Crippen LogP contribution >= 0.6 is 11.6 Å². The fraction of sp³-hybridized carbons (Fsp3) is 0.667. The first-order valence-corrected chi connectivity index (χ1v) is 8.63. The Kier molecular flexibility index (Phi) is 5.95. The van der Waals surface area contributed by atoms with E-state index in [-0.39, 0.29) is 0 Å². The molecule has 0 amide bonds. The van der Waals surface area contributed by atoms with E-state index in [0.717, 1.165) is 30.1 Å². The Labute approximate surface area is 134 Å². The first kappa shape index (κ1) is 16.6. The van der Waals surface area contributed by atoms with E-state index in [9.17, 15) is 0 Å². The summed E-state index contributed by atoms with van der Waals surface area (Å²) in [6.07, 6.45) is 3.88. The summed E-state index contributed by atoms with van der Waals surface area (Å²) in [4.78, 5) is 2.59. The van der Waals surface area contributed by atoms with Gasteiger partial charge in [0.25, 0.3) is 0 Å². The molecule has 3 heteroatoms. The van der Waals surface area contributed by atoms with Crippen molar-refractivity contribution in [2.24, 2.45) is 5.92 Å². The van der Waals surface area contributed by atoms with Gasteiger partial charge in [0.2, 0.25) is 0 Å². The summed E-state index contributed by atoms with van der Waals surface area (Å²) in [6, 6.07) is 7.56. The third-order valence-corrected chi connectivity index (χ3v) is 4.23. The zero-order chi connectivity index (χ0) is 15.4. The van der Waals surface area contributed by atoms with Gasteiger partial charge in [0.15, 0.2) is 0 Å². The SMILES string of the molecule is CC(C)CCN(c1cc(Cl)ccc1CNC(C)C)C1CC1. The molecule has 1 aliphatic carbocycles. The van der Waals surface area contributed by atoms with Crippen LogP contribution in [0.5, 0.6) is 0 Å². The van der Waals surface area contributed by atoms with Crippen LogP contribution in [0.2, 0.25) is 5.02 Å². The summed E-state index contributed by atoms with van der Waals surface area (Å²) < 4.78 is 0. The van der Waals surface area contributed by atoms with Crippen molar-refractivity contribution in [3.63, 3.8) is 0 Å². The zero-order valence-corrected chi connectivity index (χ0v) is 14.6. The number of benzene rings is 1. The lowest BCUT2D eigenvalue weighted by Gasteiger charge is -2.28. The van der Waals surface area contributed by atoms with Crippen molar-refractivity contribution < 1.29 is 0 Å². The van der Waals surface area contributed by atoms with Gasteiger partial charge < -0.3 is 10.2 Å². The van der Waals surface area contributed by atoms with Crippen molar-refractivity contribution in [3.8, 4) is 0 Å². The van der Waals surface area contributed by atoms with E-state index in [4.69, 9.17) is 11.6 Å². The van der Waals surface area contributed by atoms with Crippen LogP contribution in [0.25, 0.3) is 0 Å². The molecule has 0 spiro atoms. The second-order valence-corrected chi connectivity index (χ2v) is 7.35. The van der Waals surface area contributed by atoms with Gasteiger partial charge >= 0.3 is 0 Å². The fourth-order valence-corrected chi connectivity index (χ4v) is 2.72. The molecule has 0 aromatic heterocycles. The molecule has 1 aromatic carbocycles. The standard InChI is InChI=1S/C18H29ClN2/c1-13(2)9-10-21(17-7-8-17)18-11-16(19)6-5-15(18)12-20-14(3)4/h5-6,11,13-14,17,20H,7-10,12H2,1-4H3. The molecule has 1 fully saturated rings. The highest BCUT2D eigenvalue weighted by Gasteiger charge is 2.30. The van der Waals surface area contributed by atoms with Crippen LogP contribution in [0.4, 0.5) is 5.69 Å². The summed E-state index contributed by atoms with van der Waals surface area (Å²) in [7, 11) is 0. The molecule has 0 saturated heterocycles. The van der Waals surface area contributed by atoms with Crippen molar-refractivity contribution >= 4 is 17.3 Å². The lowest BCUT2D eigenvalue weighted by molar-refractivity contribution is 0.565. The van der Waals surface area contributed by atoms with Gasteiger partial charge in [-0.05, 0) is 42.9 Å². The topological polar surface area (TPSA) is 15.3 Å². The Morgan fingerprint density at radius 3 is 2.52 bits per heavy atom. The van der Waals surface area contributed by atoms with Crippen LogP contribution in [0, 0.1) is 5.92 Å². The highest BCUT2D eigenvalue weighted by atomic mass is 35.5. The maximum Gasteiger partial charge on any atom is 0.0429 e. The molecule has 0 atom stereocenters. The molecule has 21 heavy (non-hydrogen) atoms. The second kappa shape index (κ2) is 7.51. The van der Waals surface area contributed by atoms with E-state index in [0.29, 0.717) is 6.04 Å². The predicted octanol–water partition coefficient (Wildman–Crippen LogP) is 4.85. The van der Waals surface area contributed by atoms with Crippen LogP contribution in [0.1, 0.15) is 52.5 Å². The minimum absolute atomic E-state index is 0.499. The molecule has 0 heterocycles. The van der Waals surface area contributed by atoms with E-state index in [2.05, 4.69) is 50.0 Å². The number of hydrogen-bond donors (Lipinski definition) is 1. The lowest BCUT2D eigenvalue weighted by Crippen LogP contribution is -2.30.